The number of nitrogens with zero attached hydrogens (tertiary/aromatic N) is 3. The number of ether oxygens (including phenoxy) is 2. The third-order valence-electron chi connectivity index (χ3n) is 3.59. The van der Waals surface area contributed by atoms with Crippen LogP contribution >= 0.6 is 0 Å². The number of aromatic nitrogens is 1. The lowest BCUT2D eigenvalue weighted by molar-refractivity contribution is 0.0194. The molecular formula is C15H21N3O3. The molecule has 1 aromatic heterocycles. The molecule has 1 atom stereocenters. The van der Waals surface area contributed by atoms with Crippen LogP contribution in [0.15, 0.2) is 18.3 Å². The summed E-state index contributed by atoms with van der Waals surface area (Å²) in [6, 6.07) is 3.93. The number of amides is 1. The summed E-state index contributed by atoms with van der Waals surface area (Å²) in [6.07, 6.45) is 1.51. The molecule has 1 aromatic rings. The van der Waals surface area contributed by atoms with Gasteiger partial charge < -0.3 is 19.3 Å². The van der Waals surface area contributed by atoms with Crippen LogP contribution in [0.2, 0.25) is 0 Å². The molecule has 3 heterocycles. The average Bonchev–Trinajstić information content (AvgIpc) is 2.44. The van der Waals surface area contributed by atoms with Crippen LogP contribution in [-0.2, 0) is 4.74 Å². The molecule has 1 amide bonds. The van der Waals surface area contributed by atoms with Crippen molar-refractivity contribution in [3.63, 3.8) is 0 Å². The summed E-state index contributed by atoms with van der Waals surface area (Å²) in [5.41, 5.74) is -0.467. The number of piperazine rings is 1. The van der Waals surface area contributed by atoms with Crippen molar-refractivity contribution < 1.29 is 14.3 Å². The van der Waals surface area contributed by atoms with Crippen LogP contribution in [0.1, 0.15) is 20.8 Å². The highest BCUT2D eigenvalue weighted by atomic mass is 16.6. The summed E-state index contributed by atoms with van der Waals surface area (Å²) >= 11 is 0. The van der Waals surface area contributed by atoms with Gasteiger partial charge in [0.15, 0.2) is 11.6 Å². The topological polar surface area (TPSA) is 54.9 Å². The predicted octanol–water partition coefficient (Wildman–Crippen LogP) is 1.90. The molecule has 0 aliphatic carbocycles. The van der Waals surface area contributed by atoms with E-state index in [9.17, 15) is 4.79 Å². The number of rotatable bonds is 0. The second-order valence-corrected chi connectivity index (χ2v) is 6.41. The van der Waals surface area contributed by atoms with E-state index in [1.165, 1.54) is 0 Å². The molecule has 0 radical (unpaired) electrons. The molecule has 3 rings (SSSR count). The van der Waals surface area contributed by atoms with Crippen molar-refractivity contribution in [3.05, 3.63) is 18.3 Å². The van der Waals surface area contributed by atoms with Crippen LogP contribution < -0.4 is 9.64 Å². The summed E-state index contributed by atoms with van der Waals surface area (Å²) in [4.78, 5) is 20.5. The Labute approximate surface area is 124 Å². The van der Waals surface area contributed by atoms with E-state index in [2.05, 4.69) is 9.88 Å². The molecule has 0 N–H and O–H groups in total. The Morgan fingerprint density at radius 1 is 1.43 bits per heavy atom. The maximum Gasteiger partial charge on any atom is 0.410 e. The third-order valence-corrected chi connectivity index (χ3v) is 3.59. The van der Waals surface area contributed by atoms with E-state index in [1.54, 1.807) is 11.1 Å². The van der Waals surface area contributed by atoms with Crippen LogP contribution in [0.5, 0.6) is 5.75 Å². The van der Waals surface area contributed by atoms with Gasteiger partial charge >= 0.3 is 6.09 Å². The summed E-state index contributed by atoms with van der Waals surface area (Å²) in [6.45, 7) is 8.20. The maximum atomic E-state index is 12.2. The monoisotopic (exact) mass is 291 g/mol. The van der Waals surface area contributed by atoms with Crippen molar-refractivity contribution in [2.45, 2.75) is 32.4 Å². The highest BCUT2D eigenvalue weighted by molar-refractivity contribution is 5.69. The van der Waals surface area contributed by atoms with E-state index in [4.69, 9.17) is 9.47 Å². The van der Waals surface area contributed by atoms with Crippen LogP contribution in [0.25, 0.3) is 0 Å². The largest absolute Gasteiger partial charge is 0.487 e. The molecule has 0 aromatic carbocycles. The Bertz CT molecular complexity index is 541. The minimum atomic E-state index is -0.467. The number of pyridine rings is 1. The van der Waals surface area contributed by atoms with E-state index in [1.807, 2.05) is 32.9 Å². The third kappa shape index (κ3) is 2.89. The Morgan fingerprint density at radius 3 is 3.00 bits per heavy atom. The fourth-order valence-electron chi connectivity index (χ4n) is 2.67. The highest BCUT2D eigenvalue weighted by Gasteiger charge is 2.36. The molecule has 1 saturated heterocycles. The Kier molecular flexibility index (Phi) is 3.39. The van der Waals surface area contributed by atoms with Gasteiger partial charge in [0.2, 0.25) is 0 Å². The minimum absolute atomic E-state index is 0.133. The molecular weight excluding hydrogens is 270 g/mol. The number of carbonyl (C=O) groups is 1. The van der Waals surface area contributed by atoms with Gasteiger partial charge in [-0.2, -0.15) is 0 Å². The molecule has 6 nitrogen and oxygen atoms in total. The van der Waals surface area contributed by atoms with E-state index in [0.29, 0.717) is 19.7 Å². The minimum Gasteiger partial charge on any atom is -0.487 e. The molecule has 0 spiro atoms. The van der Waals surface area contributed by atoms with Crippen molar-refractivity contribution >= 4 is 11.9 Å². The second-order valence-electron chi connectivity index (χ2n) is 6.41. The number of fused-ring (bicyclic) bond motifs is 3. The molecule has 1 fully saturated rings. The van der Waals surface area contributed by atoms with Crippen LogP contribution in [-0.4, -0.2) is 53.9 Å². The zero-order valence-corrected chi connectivity index (χ0v) is 12.7. The van der Waals surface area contributed by atoms with Gasteiger partial charge in [-0.3, -0.25) is 0 Å². The van der Waals surface area contributed by atoms with E-state index in [-0.39, 0.29) is 12.1 Å². The SMILES string of the molecule is CC(C)(C)OC(=O)N1CCN2c3ncccc3OCC2C1. The normalized spacial score (nSPS) is 21.2. The van der Waals surface area contributed by atoms with Crippen molar-refractivity contribution in [1.82, 2.24) is 9.88 Å². The average molecular weight is 291 g/mol. The van der Waals surface area contributed by atoms with Gasteiger partial charge in [0.1, 0.15) is 12.2 Å². The molecule has 0 bridgehead atoms. The first-order chi connectivity index (χ1) is 9.94. The van der Waals surface area contributed by atoms with Gasteiger partial charge in [-0.25, -0.2) is 9.78 Å². The molecule has 1 unspecified atom stereocenters. The molecule has 2 aliphatic rings. The van der Waals surface area contributed by atoms with Gasteiger partial charge in [0, 0.05) is 25.8 Å². The summed E-state index contributed by atoms with van der Waals surface area (Å²) < 4.78 is 11.2. The summed E-state index contributed by atoms with van der Waals surface area (Å²) in [5, 5.41) is 0. The number of hydrogen-bond acceptors (Lipinski definition) is 5. The Balaban J connectivity index is 1.70. The standard InChI is InChI=1S/C15H21N3O3/c1-15(2,3)21-14(19)17-7-8-18-11(9-17)10-20-12-5-4-6-16-13(12)18/h4-6,11H,7-10H2,1-3H3. The summed E-state index contributed by atoms with van der Waals surface area (Å²) in [7, 11) is 0. The van der Waals surface area contributed by atoms with Crippen molar-refractivity contribution in [2.75, 3.05) is 31.1 Å². The fourth-order valence-corrected chi connectivity index (χ4v) is 2.67. The van der Waals surface area contributed by atoms with Crippen molar-refractivity contribution in [2.24, 2.45) is 0 Å². The van der Waals surface area contributed by atoms with Gasteiger partial charge in [-0.05, 0) is 32.9 Å². The molecule has 21 heavy (non-hydrogen) atoms. The number of hydrogen-bond donors (Lipinski definition) is 0. The Morgan fingerprint density at radius 2 is 2.24 bits per heavy atom. The highest BCUT2D eigenvalue weighted by Crippen LogP contribution is 2.32. The number of anilines is 1. The molecule has 0 saturated carbocycles. The molecule has 114 valence electrons. The predicted molar refractivity (Wildman–Crippen MR) is 78.7 cm³/mol. The fraction of sp³-hybridized carbons (Fsp3) is 0.600. The lowest BCUT2D eigenvalue weighted by Gasteiger charge is -2.44. The van der Waals surface area contributed by atoms with Crippen LogP contribution in [0.4, 0.5) is 10.6 Å². The quantitative estimate of drug-likeness (QED) is 0.731. The van der Waals surface area contributed by atoms with Crippen molar-refractivity contribution in [1.29, 1.82) is 0 Å². The summed E-state index contributed by atoms with van der Waals surface area (Å²) in [5.74, 6) is 1.69. The second kappa shape index (κ2) is 5.09. The lowest BCUT2D eigenvalue weighted by atomic mass is 10.1. The Hall–Kier alpha value is -1.98. The maximum absolute atomic E-state index is 12.2. The van der Waals surface area contributed by atoms with Gasteiger partial charge in [-0.15, -0.1) is 0 Å². The first-order valence-electron chi connectivity index (χ1n) is 7.26. The van der Waals surface area contributed by atoms with E-state index in [0.717, 1.165) is 18.1 Å². The zero-order chi connectivity index (χ0) is 15.0. The van der Waals surface area contributed by atoms with Gasteiger partial charge in [0.05, 0.1) is 6.04 Å². The zero-order valence-electron chi connectivity index (χ0n) is 12.7. The van der Waals surface area contributed by atoms with Crippen LogP contribution in [0, 0.1) is 0 Å². The van der Waals surface area contributed by atoms with E-state index < -0.39 is 5.60 Å². The first-order valence-corrected chi connectivity index (χ1v) is 7.26. The van der Waals surface area contributed by atoms with Crippen molar-refractivity contribution in [3.8, 4) is 5.75 Å². The van der Waals surface area contributed by atoms with Gasteiger partial charge in [-0.1, -0.05) is 0 Å². The molecule has 6 heteroatoms. The van der Waals surface area contributed by atoms with Crippen LogP contribution in [0.3, 0.4) is 0 Å². The smallest absolute Gasteiger partial charge is 0.410 e. The lowest BCUT2D eigenvalue weighted by Crippen LogP contribution is -2.59. The van der Waals surface area contributed by atoms with E-state index >= 15 is 0 Å². The number of carbonyl (C=O) groups excluding carboxylic acids is 1. The molecule has 2 aliphatic heterocycles. The van der Waals surface area contributed by atoms with Gasteiger partial charge in [0.25, 0.3) is 0 Å². The first kappa shape index (κ1) is 14.0.